The normalized spacial score (nSPS) is 11.0. The molecule has 0 spiro atoms. The maximum Gasteiger partial charge on any atom is 0.191 e. The van der Waals surface area contributed by atoms with E-state index in [4.69, 9.17) is 4.74 Å². The van der Waals surface area contributed by atoms with Gasteiger partial charge in [-0.3, -0.25) is 9.56 Å². The van der Waals surface area contributed by atoms with E-state index in [1.54, 1.807) is 13.4 Å². The smallest absolute Gasteiger partial charge is 0.191 e. The third kappa shape index (κ3) is 6.14. The van der Waals surface area contributed by atoms with Crippen LogP contribution in [-0.4, -0.2) is 47.5 Å². The summed E-state index contributed by atoms with van der Waals surface area (Å²) in [5.74, 6) is 1.53. The number of guanidine groups is 1. The highest BCUT2D eigenvalue weighted by atomic mass is 127. The van der Waals surface area contributed by atoms with Gasteiger partial charge in [0.2, 0.25) is 0 Å². The average molecular weight is 430 g/mol. The number of para-hydroxylation sites is 1. The van der Waals surface area contributed by atoms with Crippen molar-refractivity contribution in [3.05, 3.63) is 42.5 Å². The Kier molecular flexibility index (Phi) is 9.22. The molecule has 0 unspecified atom stereocenters. The van der Waals surface area contributed by atoms with Crippen LogP contribution in [0.4, 0.5) is 0 Å². The number of aromatic nitrogens is 3. The number of halogens is 1. The van der Waals surface area contributed by atoms with Crippen molar-refractivity contribution in [2.24, 2.45) is 4.99 Å². The molecule has 0 fully saturated rings. The second kappa shape index (κ2) is 10.9. The first-order valence-electron chi connectivity index (χ1n) is 7.31. The predicted molar refractivity (Wildman–Crippen MR) is 101 cm³/mol. The maximum absolute atomic E-state index is 5.28. The minimum Gasteiger partial charge on any atom is -0.380 e. The lowest BCUT2D eigenvalue weighted by Gasteiger charge is -2.12. The highest BCUT2D eigenvalue weighted by Gasteiger charge is 2.06. The zero-order valence-electron chi connectivity index (χ0n) is 13.4. The van der Waals surface area contributed by atoms with Crippen LogP contribution in [0.25, 0.3) is 5.69 Å². The van der Waals surface area contributed by atoms with Gasteiger partial charge in [-0.2, -0.15) is 0 Å². The van der Waals surface area contributed by atoms with Crippen molar-refractivity contribution in [2.75, 3.05) is 26.8 Å². The second-order valence-electron chi connectivity index (χ2n) is 4.50. The van der Waals surface area contributed by atoms with Crippen LogP contribution in [0.3, 0.4) is 0 Å². The van der Waals surface area contributed by atoms with Crippen LogP contribution in [0.1, 0.15) is 12.7 Å². The molecule has 0 atom stereocenters. The van der Waals surface area contributed by atoms with Gasteiger partial charge in [-0.1, -0.05) is 18.2 Å². The quantitative estimate of drug-likeness (QED) is 0.302. The SMILES string of the molecule is CCOCCNC(=NC)NCc1nncn1-c1ccccc1.I. The lowest BCUT2D eigenvalue weighted by molar-refractivity contribution is 0.152. The van der Waals surface area contributed by atoms with E-state index in [0.717, 1.165) is 11.5 Å². The average Bonchev–Trinajstić information content (AvgIpc) is 3.03. The highest BCUT2D eigenvalue weighted by Crippen LogP contribution is 2.08. The van der Waals surface area contributed by atoms with E-state index in [9.17, 15) is 0 Å². The van der Waals surface area contributed by atoms with Gasteiger partial charge in [0.15, 0.2) is 11.8 Å². The van der Waals surface area contributed by atoms with Crippen molar-refractivity contribution in [2.45, 2.75) is 13.5 Å². The van der Waals surface area contributed by atoms with E-state index in [1.165, 1.54) is 0 Å². The Hall–Kier alpha value is -1.68. The summed E-state index contributed by atoms with van der Waals surface area (Å²) in [6.07, 6.45) is 1.71. The Morgan fingerprint density at radius 2 is 2.04 bits per heavy atom. The molecule has 23 heavy (non-hydrogen) atoms. The number of aliphatic imine (C=N–C) groups is 1. The molecule has 2 N–H and O–H groups in total. The lowest BCUT2D eigenvalue weighted by Crippen LogP contribution is -2.39. The van der Waals surface area contributed by atoms with E-state index in [2.05, 4.69) is 25.8 Å². The topological polar surface area (TPSA) is 76.4 Å². The van der Waals surface area contributed by atoms with Crippen molar-refractivity contribution in [3.8, 4) is 5.69 Å². The summed E-state index contributed by atoms with van der Waals surface area (Å²) in [4.78, 5) is 4.17. The van der Waals surface area contributed by atoms with Crippen molar-refractivity contribution >= 4 is 29.9 Å². The summed E-state index contributed by atoms with van der Waals surface area (Å²) < 4.78 is 7.23. The minimum atomic E-state index is 0. The molecule has 0 saturated carbocycles. The van der Waals surface area contributed by atoms with E-state index < -0.39 is 0 Å². The molecule has 2 rings (SSSR count). The molecule has 0 radical (unpaired) electrons. The molecule has 7 nitrogen and oxygen atoms in total. The highest BCUT2D eigenvalue weighted by molar-refractivity contribution is 14.0. The molecule has 1 heterocycles. The molecule has 1 aromatic heterocycles. The molecule has 0 amide bonds. The number of nitrogens with one attached hydrogen (secondary N) is 2. The second-order valence-corrected chi connectivity index (χ2v) is 4.50. The van der Waals surface area contributed by atoms with Crippen molar-refractivity contribution in [1.29, 1.82) is 0 Å². The van der Waals surface area contributed by atoms with Gasteiger partial charge in [0, 0.05) is 25.9 Å². The number of hydrogen-bond donors (Lipinski definition) is 2. The van der Waals surface area contributed by atoms with Crippen LogP contribution in [0.5, 0.6) is 0 Å². The zero-order chi connectivity index (χ0) is 15.6. The monoisotopic (exact) mass is 430 g/mol. The zero-order valence-corrected chi connectivity index (χ0v) is 15.7. The van der Waals surface area contributed by atoms with Gasteiger partial charge < -0.3 is 15.4 Å². The van der Waals surface area contributed by atoms with Crippen LogP contribution in [0.2, 0.25) is 0 Å². The number of hydrogen-bond acceptors (Lipinski definition) is 4. The molecule has 2 aromatic rings. The van der Waals surface area contributed by atoms with Crippen LogP contribution in [0.15, 0.2) is 41.7 Å². The summed E-state index contributed by atoms with van der Waals surface area (Å²) in [6, 6.07) is 9.99. The number of rotatable bonds is 7. The predicted octanol–water partition coefficient (Wildman–Crippen LogP) is 1.59. The van der Waals surface area contributed by atoms with E-state index in [1.807, 2.05) is 41.8 Å². The van der Waals surface area contributed by atoms with Gasteiger partial charge in [0.25, 0.3) is 0 Å². The summed E-state index contributed by atoms with van der Waals surface area (Å²) >= 11 is 0. The summed E-state index contributed by atoms with van der Waals surface area (Å²) in [7, 11) is 1.73. The van der Waals surface area contributed by atoms with Gasteiger partial charge >= 0.3 is 0 Å². The van der Waals surface area contributed by atoms with Gasteiger partial charge in [-0.15, -0.1) is 34.2 Å². The van der Waals surface area contributed by atoms with Gasteiger partial charge in [-0.05, 0) is 19.1 Å². The van der Waals surface area contributed by atoms with Gasteiger partial charge in [-0.25, -0.2) is 0 Å². The maximum atomic E-state index is 5.28. The summed E-state index contributed by atoms with van der Waals surface area (Å²) in [5, 5.41) is 14.5. The first-order chi connectivity index (χ1) is 10.8. The van der Waals surface area contributed by atoms with Gasteiger partial charge in [0.1, 0.15) is 6.33 Å². The molecule has 0 aliphatic heterocycles. The van der Waals surface area contributed by atoms with Crippen molar-refractivity contribution in [3.63, 3.8) is 0 Å². The molecular formula is C15H23IN6O. The standard InChI is InChI=1S/C15H22N6O.HI/c1-3-22-10-9-17-15(16-2)18-11-14-20-19-12-21(14)13-7-5-4-6-8-13;/h4-8,12H,3,9-11H2,1-2H3,(H2,16,17,18);1H. The molecule has 0 bridgehead atoms. The largest absolute Gasteiger partial charge is 0.380 e. The lowest BCUT2D eigenvalue weighted by atomic mass is 10.3. The molecule has 8 heteroatoms. The van der Waals surface area contributed by atoms with E-state index >= 15 is 0 Å². The number of ether oxygens (including phenoxy) is 1. The Morgan fingerprint density at radius 3 is 2.74 bits per heavy atom. The van der Waals surface area contributed by atoms with Crippen molar-refractivity contribution in [1.82, 2.24) is 25.4 Å². The molecule has 0 saturated heterocycles. The van der Waals surface area contributed by atoms with Gasteiger partial charge in [0.05, 0.1) is 13.2 Å². The summed E-state index contributed by atoms with van der Waals surface area (Å²) in [6.45, 7) is 4.58. The Balaban J connectivity index is 0.00000264. The third-order valence-corrected chi connectivity index (χ3v) is 3.03. The summed E-state index contributed by atoms with van der Waals surface area (Å²) in [5.41, 5.74) is 1.03. The fourth-order valence-electron chi connectivity index (χ4n) is 1.95. The van der Waals surface area contributed by atoms with Crippen molar-refractivity contribution < 1.29 is 4.74 Å². The number of benzene rings is 1. The third-order valence-electron chi connectivity index (χ3n) is 3.03. The van der Waals surface area contributed by atoms with E-state index in [-0.39, 0.29) is 24.0 Å². The molecule has 0 aliphatic carbocycles. The first kappa shape index (κ1) is 19.4. The fourth-order valence-corrected chi connectivity index (χ4v) is 1.95. The number of nitrogens with zero attached hydrogens (tertiary/aromatic N) is 4. The Morgan fingerprint density at radius 1 is 1.26 bits per heavy atom. The molecule has 1 aromatic carbocycles. The molecule has 0 aliphatic rings. The van der Waals surface area contributed by atoms with Crippen LogP contribution >= 0.6 is 24.0 Å². The molecule has 126 valence electrons. The Bertz CT molecular complexity index is 587. The Labute approximate surface area is 153 Å². The molecular weight excluding hydrogens is 407 g/mol. The van der Waals surface area contributed by atoms with E-state index in [0.29, 0.717) is 32.3 Å². The first-order valence-corrected chi connectivity index (χ1v) is 7.31. The fraction of sp³-hybridized carbons (Fsp3) is 0.400. The van der Waals surface area contributed by atoms with Crippen LogP contribution in [-0.2, 0) is 11.3 Å². The minimum absolute atomic E-state index is 0. The van der Waals surface area contributed by atoms with Crippen LogP contribution in [0, 0.1) is 0 Å². The van der Waals surface area contributed by atoms with Crippen LogP contribution < -0.4 is 10.6 Å².